The summed E-state index contributed by atoms with van der Waals surface area (Å²) in [6, 6.07) is 21.9. The van der Waals surface area contributed by atoms with Gasteiger partial charge in [0.2, 0.25) is 0 Å². The maximum Gasteiger partial charge on any atom is 0.271 e. The molecule has 0 unspecified atom stereocenters. The molecular formula is C24H23ClN2O3. The van der Waals surface area contributed by atoms with Gasteiger partial charge in [-0.3, -0.25) is 4.79 Å². The van der Waals surface area contributed by atoms with Crippen LogP contribution >= 0.6 is 11.6 Å². The Morgan fingerprint density at radius 3 is 2.57 bits per heavy atom. The average molecular weight is 423 g/mol. The van der Waals surface area contributed by atoms with Gasteiger partial charge in [-0.05, 0) is 66.1 Å². The third kappa shape index (κ3) is 6.64. The molecule has 0 radical (unpaired) electrons. The molecule has 0 bridgehead atoms. The lowest BCUT2D eigenvalue weighted by Crippen LogP contribution is -2.17. The SMILES string of the molecule is CCCOc1ccc(C(=O)N/N=C\c2cccc(OCc3cccc(Cl)c3)c2)cc1. The molecule has 3 aromatic carbocycles. The number of hydrogen-bond acceptors (Lipinski definition) is 4. The van der Waals surface area contributed by atoms with E-state index in [1.165, 1.54) is 0 Å². The van der Waals surface area contributed by atoms with Crippen LogP contribution in [0.4, 0.5) is 0 Å². The maximum atomic E-state index is 12.2. The Kier molecular flexibility index (Phi) is 7.86. The number of benzene rings is 3. The van der Waals surface area contributed by atoms with Gasteiger partial charge in [-0.2, -0.15) is 5.10 Å². The third-order valence-corrected chi connectivity index (χ3v) is 4.36. The number of halogens is 1. The zero-order chi connectivity index (χ0) is 21.2. The van der Waals surface area contributed by atoms with Crippen molar-refractivity contribution < 1.29 is 14.3 Å². The molecule has 6 heteroatoms. The first-order valence-corrected chi connectivity index (χ1v) is 10.1. The Hall–Kier alpha value is -3.31. The van der Waals surface area contributed by atoms with Gasteiger partial charge in [0.15, 0.2) is 0 Å². The number of hydrogen-bond donors (Lipinski definition) is 1. The minimum atomic E-state index is -0.290. The molecule has 3 aromatic rings. The van der Waals surface area contributed by atoms with Crippen molar-refractivity contribution in [1.29, 1.82) is 0 Å². The number of hydrazone groups is 1. The second kappa shape index (κ2) is 11.0. The van der Waals surface area contributed by atoms with Crippen molar-refractivity contribution >= 4 is 23.7 Å². The smallest absolute Gasteiger partial charge is 0.271 e. The van der Waals surface area contributed by atoms with Crippen molar-refractivity contribution in [2.24, 2.45) is 5.10 Å². The largest absolute Gasteiger partial charge is 0.494 e. The van der Waals surface area contributed by atoms with Gasteiger partial charge in [-0.1, -0.05) is 42.8 Å². The van der Waals surface area contributed by atoms with E-state index in [1.54, 1.807) is 30.5 Å². The number of ether oxygens (including phenoxy) is 2. The highest BCUT2D eigenvalue weighted by molar-refractivity contribution is 6.30. The van der Waals surface area contributed by atoms with Crippen LogP contribution in [0.2, 0.25) is 5.02 Å². The third-order valence-electron chi connectivity index (χ3n) is 4.12. The Bertz CT molecular complexity index is 1000. The van der Waals surface area contributed by atoms with Gasteiger partial charge in [0.25, 0.3) is 5.91 Å². The lowest BCUT2D eigenvalue weighted by Gasteiger charge is -2.07. The Balaban J connectivity index is 1.53. The highest BCUT2D eigenvalue weighted by atomic mass is 35.5. The van der Waals surface area contributed by atoms with Crippen LogP contribution in [0.1, 0.15) is 34.8 Å². The fraction of sp³-hybridized carbons (Fsp3) is 0.167. The first kappa shape index (κ1) is 21.4. The zero-order valence-corrected chi connectivity index (χ0v) is 17.4. The zero-order valence-electron chi connectivity index (χ0n) is 16.7. The van der Waals surface area contributed by atoms with Crippen molar-refractivity contribution in [3.8, 4) is 11.5 Å². The standard InChI is InChI=1S/C24H23ClN2O3/c1-2-13-29-22-11-9-20(10-12-22)24(28)27-26-16-18-5-4-8-23(15-18)30-17-19-6-3-7-21(25)14-19/h3-12,14-16H,2,13,17H2,1H3,(H,27,28)/b26-16-. The van der Waals surface area contributed by atoms with E-state index in [1.807, 2.05) is 55.5 Å². The molecule has 1 N–H and O–H groups in total. The fourth-order valence-corrected chi connectivity index (χ4v) is 2.84. The minimum absolute atomic E-state index is 0.290. The Morgan fingerprint density at radius 1 is 1.00 bits per heavy atom. The number of rotatable bonds is 9. The molecule has 0 aliphatic carbocycles. The van der Waals surface area contributed by atoms with Crippen molar-refractivity contribution in [2.45, 2.75) is 20.0 Å². The van der Waals surface area contributed by atoms with Crippen LogP contribution in [-0.2, 0) is 6.61 Å². The summed E-state index contributed by atoms with van der Waals surface area (Å²) in [7, 11) is 0. The van der Waals surface area contributed by atoms with Gasteiger partial charge in [0, 0.05) is 10.6 Å². The Morgan fingerprint density at radius 2 is 1.80 bits per heavy atom. The molecular weight excluding hydrogens is 400 g/mol. The molecule has 0 heterocycles. The number of amides is 1. The molecule has 0 aliphatic heterocycles. The van der Waals surface area contributed by atoms with E-state index in [0.29, 0.717) is 29.5 Å². The first-order chi connectivity index (χ1) is 14.6. The van der Waals surface area contributed by atoms with Gasteiger partial charge in [-0.25, -0.2) is 5.43 Å². The summed E-state index contributed by atoms with van der Waals surface area (Å²) in [5.74, 6) is 1.15. The molecule has 0 aromatic heterocycles. The van der Waals surface area contributed by atoms with Gasteiger partial charge in [0.05, 0.1) is 12.8 Å². The van der Waals surface area contributed by atoms with E-state index in [-0.39, 0.29) is 5.91 Å². The number of carbonyl (C=O) groups is 1. The van der Waals surface area contributed by atoms with E-state index in [4.69, 9.17) is 21.1 Å². The quantitative estimate of drug-likeness (QED) is 0.367. The van der Waals surface area contributed by atoms with Gasteiger partial charge < -0.3 is 9.47 Å². The summed E-state index contributed by atoms with van der Waals surface area (Å²) < 4.78 is 11.3. The predicted octanol–water partition coefficient (Wildman–Crippen LogP) is 5.47. The van der Waals surface area contributed by atoms with Crippen LogP contribution in [0.3, 0.4) is 0 Å². The van der Waals surface area contributed by atoms with Crippen LogP contribution < -0.4 is 14.9 Å². The van der Waals surface area contributed by atoms with Crippen molar-refractivity contribution in [3.63, 3.8) is 0 Å². The molecule has 0 aliphatic rings. The average Bonchev–Trinajstić information content (AvgIpc) is 2.77. The molecule has 154 valence electrons. The summed E-state index contributed by atoms with van der Waals surface area (Å²) in [6.45, 7) is 3.11. The van der Waals surface area contributed by atoms with Crippen LogP contribution in [0, 0.1) is 0 Å². The molecule has 0 saturated heterocycles. The lowest BCUT2D eigenvalue weighted by atomic mass is 10.2. The molecule has 0 fully saturated rings. The van der Waals surface area contributed by atoms with Crippen LogP contribution in [0.25, 0.3) is 0 Å². The van der Waals surface area contributed by atoms with E-state index in [9.17, 15) is 4.79 Å². The number of nitrogens with one attached hydrogen (secondary N) is 1. The summed E-state index contributed by atoms with van der Waals surface area (Å²) >= 11 is 5.99. The lowest BCUT2D eigenvalue weighted by molar-refractivity contribution is 0.0955. The predicted molar refractivity (Wildman–Crippen MR) is 120 cm³/mol. The van der Waals surface area contributed by atoms with E-state index in [2.05, 4.69) is 10.5 Å². The van der Waals surface area contributed by atoms with Gasteiger partial charge in [0.1, 0.15) is 18.1 Å². The van der Waals surface area contributed by atoms with Crippen molar-refractivity contribution in [3.05, 3.63) is 94.5 Å². The summed E-state index contributed by atoms with van der Waals surface area (Å²) in [6.07, 6.45) is 2.51. The topological polar surface area (TPSA) is 59.9 Å². The van der Waals surface area contributed by atoms with E-state index in [0.717, 1.165) is 23.3 Å². The first-order valence-electron chi connectivity index (χ1n) is 9.67. The second-order valence-corrected chi connectivity index (χ2v) is 7.00. The molecule has 30 heavy (non-hydrogen) atoms. The van der Waals surface area contributed by atoms with E-state index >= 15 is 0 Å². The molecule has 0 atom stereocenters. The second-order valence-electron chi connectivity index (χ2n) is 6.56. The summed E-state index contributed by atoms with van der Waals surface area (Å²) in [5, 5.41) is 4.71. The molecule has 1 amide bonds. The molecule has 5 nitrogen and oxygen atoms in total. The fourth-order valence-electron chi connectivity index (χ4n) is 2.63. The van der Waals surface area contributed by atoms with Crippen LogP contribution in [0.15, 0.2) is 77.9 Å². The Labute approximate surface area is 181 Å². The van der Waals surface area contributed by atoms with Crippen molar-refractivity contribution in [1.82, 2.24) is 5.43 Å². The van der Waals surface area contributed by atoms with E-state index < -0.39 is 0 Å². The number of nitrogens with zero attached hydrogens (tertiary/aromatic N) is 1. The van der Waals surface area contributed by atoms with Gasteiger partial charge >= 0.3 is 0 Å². The molecule has 3 rings (SSSR count). The number of carbonyl (C=O) groups excluding carboxylic acids is 1. The maximum absolute atomic E-state index is 12.2. The minimum Gasteiger partial charge on any atom is -0.494 e. The van der Waals surface area contributed by atoms with Crippen LogP contribution in [0.5, 0.6) is 11.5 Å². The summed E-state index contributed by atoms with van der Waals surface area (Å²) in [4.78, 5) is 12.2. The highest BCUT2D eigenvalue weighted by Gasteiger charge is 2.04. The summed E-state index contributed by atoms with van der Waals surface area (Å²) in [5.41, 5.74) is 4.83. The van der Waals surface area contributed by atoms with Gasteiger partial charge in [-0.15, -0.1) is 0 Å². The molecule has 0 spiro atoms. The molecule has 0 saturated carbocycles. The van der Waals surface area contributed by atoms with Crippen molar-refractivity contribution in [2.75, 3.05) is 6.61 Å². The highest BCUT2D eigenvalue weighted by Crippen LogP contribution is 2.16. The normalized spacial score (nSPS) is 10.7. The van der Waals surface area contributed by atoms with Crippen LogP contribution in [-0.4, -0.2) is 18.7 Å². The monoisotopic (exact) mass is 422 g/mol.